The summed E-state index contributed by atoms with van der Waals surface area (Å²) < 4.78 is 16.6. The standard InChI is InChI=1S/C20H24N4O4/c1-12-10-15(18-14(3)23-28-20(18)22-12)19(25)21-11-16(17-5-4-13(2)27-17)24-6-8-26-9-7-24/h4-5,10,16H,6-9,11H2,1-3H3,(H,21,25)/t16-/m0/s1. The Morgan fingerprint density at radius 3 is 2.75 bits per heavy atom. The molecule has 1 aliphatic rings. The second-order valence-corrected chi connectivity index (χ2v) is 7.08. The maximum Gasteiger partial charge on any atom is 0.258 e. The molecule has 1 saturated heterocycles. The minimum Gasteiger partial charge on any atom is -0.465 e. The molecule has 148 valence electrons. The number of aromatic nitrogens is 2. The third-order valence-corrected chi connectivity index (χ3v) is 5.02. The van der Waals surface area contributed by atoms with Gasteiger partial charge in [-0.15, -0.1) is 0 Å². The van der Waals surface area contributed by atoms with Crippen LogP contribution in [0.3, 0.4) is 0 Å². The van der Waals surface area contributed by atoms with Gasteiger partial charge >= 0.3 is 0 Å². The Balaban J connectivity index is 1.57. The highest BCUT2D eigenvalue weighted by Gasteiger charge is 2.26. The first-order chi connectivity index (χ1) is 13.5. The van der Waals surface area contributed by atoms with E-state index < -0.39 is 0 Å². The second-order valence-electron chi connectivity index (χ2n) is 7.08. The molecule has 28 heavy (non-hydrogen) atoms. The molecule has 0 aliphatic carbocycles. The number of hydrogen-bond donors (Lipinski definition) is 1. The number of fused-ring (bicyclic) bond motifs is 1. The van der Waals surface area contributed by atoms with Gasteiger partial charge in [-0.3, -0.25) is 9.69 Å². The van der Waals surface area contributed by atoms with Gasteiger partial charge in [-0.25, -0.2) is 4.98 Å². The van der Waals surface area contributed by atoms with Crippen LogP contribution >= 0.6 is 0 Å². The smallest absolute Gasteiger partial charge is 0.258 e. The molecular formula is C20H24N4O4. The Morgan fingerprint density at radius 1 is 1.25 bits per heavy atom. The van der Waals surface area contributed by atoms with Gasteiger partial charge in [0.1, 0.15) is 11.5 Å². The fourth-order valence-electron chi connectivity index (χ4n) is 3.61. The van der Waals surface area contributed by atoms with Crippen LogP contribution in [0, 0.1) is 20.8 Å². The van der Waals surface area contributed by atoms with Gasteiger partial charge in [0.15, 0.2) is 0 Å². The lowest BCUT2D eigenvalue weighted by atomic mass is 10.1. The summed E-state index contributed by atoms with van der Waals surface area (Å²) in [4.78, 5) is 19.6. The molecule has 1 amide bonds. The molecule has 4 rings (SSSR count). The molecule has 0 saturated carbocycles. The molecule has 8 nitrogen and oxygen atoms in total. The van der Waals surface area contributed by atoms with E-state index in [-0.39, 0.29) is 11.9 Å². The Labute approximate surface area is 162 Å². The summed E-state index contributed by atoms with van der Waals surface area (Å²) in [6.07, 6.45) is 0. The van der Waals surface area contributed by atoms with Crippen LogP contribution in [0.25, 0.3) is 11.1 Å². The van der Waals surface area contributed by atoms with Crippen molar-refractivity contribution in [2.75, 3.05) is 32.8 Å². The zero-order chi connectivity index (χ0) is 19.7. The Morgan fingerprint density at radius 2 is 2.04 bits per heavy atom. The maximum absolute atomic E-state index is 13.0. The predicted octanol–water partition coefficient (Wildman–Crippen LogP) is 2.54. The highest BCUT2D eigenvalue weighted by molar-refractivity contribution is 6.06. The van der Waals surface area contributed by atoms with E-state index in [9.17, 15) is 4.79 Å². The molecule has 3 aromatic rings. The first-order valence-corrected chi connectivity index (χ1v) is 9.43. The number of hydrogen-bond acceptors (Lipinski definition) is 7. The zero-order valence-electron chi connectivity index (χ0n) is 16.3. The van der Waals surface area contributed by atoms with Crippen molar-refractivity contribution >= 4 is 17.0 Å². The number of nitrogens with zero attached hydrogens (tertiary/aromatic N) is 3. The summed E-state index contributed by atoms with van der Waals surface area (Å²) in [7, 11) is 0. The molecule has 8 heteroatoms. The molecule has 0 radical (unpaired) electrons. The first kappa shape index (κ1) is 18.6. The minimum absolute atomic E-state index is 0.0523. The van der Waals surface area contributed by atoms with Crippen LogP contribution < -0.4 is 5.32 Å². The highest BCUT2D eigenvalue weighted by atomic mass is 16.5. The van der Waals surface area contributed by atoms with Gasteiger partial charge in [0.2, 0.25) is 0 Å². The van der Waals surface area contributed by atoms with Crippen LogP contribution in [-0.2, 0) is 4.74 Å². The molecule has 1 atom stereocenters. The second kappa shape index (κ2) is 7.73. The first-order valence-electron chi connectivity index (χ1n) is 9.43. The van der Waals surface area contributed by atoms with Gasteiger partial charge in [-0.1, -0.05) is 5.16 Å². The normalized spacial score (nSPS) is 16.4. The zero-order valence-corrected chi connectivity index (χ0v) is 16.3. The number of furan rings is 1. The fraction of sp³-hybridized carbons (Fsp3) is 0.450. The third kappa shape index (κ3) is 3.65. The molecule has 1 fully saturated rings. The molecular weight excluding hydrogens is 360 g/mol. The number of morpholine rings is 1. The van der Waals surface area contributed by atoms with Gasteiger partial charge in [0, 0.05) is 25.3 Å². The maximum atomic E-state index is 13.0. The average molecular weight is 384 g/mol. The lowest BCUT2D eigenvalue weighted by molar-refractivity contribution is 0.0117. The number of rotatable bonds is 5. The minimum atomic E-state index is -0.177. The number of nitrogens with one attached hydrogen (secondary N) is 1. The SMILES string of the molecule is Cc1cc(C(=O)NC[C@@H](c2ccc(C)o2)N2CCOCC2)c2c(C)noc2n1. The van der Waals surface area contributed by atoms with Crippen LogP contribution in [0.4, 0.5) is 0 Å². The Hall–Kier alpha value is -2.71. The van der Waals surface area contributed by atoms with E-state index in [1.54, 1.807) is 6.07 Å². The molecule has 0 spiro atoms. The van der Waals surface area contributed by atoms with Crippen LogP contribution in [0.15, 0.2) is 27.1 Å². The monoisotopic (exact) mass is 384 g/mol. The van der Waals surface area contributed by atoms with Crippen molar-refractivity contribution in [2.45, 2.75) is 26.8 Å². The summed E-state index contributed by atoms with van der Waals surface area (Å²) >= 11 is 0. The van der Waals surface area contributed by atoms with E-state index in [4.69, 9.17) is 13.7 Å². The van der Waals surface area contributed by atoms with E-state index in [1.165, 1.54) is 0 Å². The van der Waals surface area contributed by atoms with Crippen molar-refractivity contribution in [1.82, 2.24) is 20.4 Å². The van der Waals surface area contributed by atoms with E-state index in [0.29, 0.717) is 47.8 Å². The average Bonchev–Trinajstić information content (AvgIpc) is 3.28. The van der Waals surface area contributed by atoms with Crippen LogP contribution in [0.2, 0.25) is 0 Å². The fourth-order valence-corrected chi connectivity index (χ4v) is 3.61. The van der Waals surface area contributed by atoms with Crippen molar-refractivity contribution in [3.8, 4) is 0 Å². The van der Waals surface area contributed by atoms with E-state index in [2.05, 4.69) is 20.4 Å². The highest BCUT2D eigenvalue weighted by Crippen LogP contribution is 2.25. The lowest BCUT2D eigenvalue weighted by Gasteiger charge is -2.33. The topological polar surface area (TPSA) is 93.6 Å². The summed E-state index contributed by atoms with van der Waals surface area (Å²) in [5.74, 6) is 1.52. The molecule has 0 bridgehead atoms. The van der Waals surface area contributed by atoms with Gasteiger partial charge in [0.25, 0.3) is 11.6 Å². The van der Waals surface area contributed by atoms with Crippen molar-refractivity contribution in [1.29, 1.82) is 0 Å². The van der Waals surface area contributed by atoms with Gasteiger partial charge < -0.3 is 19.0 Å². The number of aryl methyl sites for hydroxylation is 3. The van der Waals surface area contributed by atoms with Gasteiger partial charge in [-0.05, 0) is 39.0 Å². The molecule has 1 N–H and O–H groups in total. The quantitative estimate of drug-likeness (QED) is 0.722. The summed E-state index contributed by atoms with van der Waals surface area (Å²) in [5.41, 5.74) is 2.27. The number of carbonyl (C=O) groups excluding carboxylic acids is 1. The van der Waals surface area contributed by atoms with E-state index in [0.717, 1.165) is 24.6 Å². The van der Waals surface area contributed by atoms with E-state index >= 15 is 0 Å². The summed E-state index contributed by atoms with van der Waals surface area (Å²) in [6.45, 7) is 8.93. The Kier molecular flexibility index (Phi) is 5.15. The van der Waals surface area contributed by atoms with E-state index in [1.807, 2.05) is 32.9 Å². The van der Waals surface area contributed by atoms with Gasteiger partial charge in [0.05, 0.1) is 35.9 Å². The number of ether oxygens (including phenoxy) is 1. The Bertz CT molecular complexity index is 987. The van der Waals surface area contributed by atoms with Crippen LogP contribution in [-0.4, -0.2) is 53.8 Å². The van der Waals surface area contributed by atoms with Crippen molar-refractivity contribution in [3.63, 3.8) is 0 Å². The number of carbonyl (C=O) groups is 1. The number of amides is 1. The molecule has 1 aliphatic heterocycles. The predicted molar refractivity (Wildman–Crippen MR) is 102 cm³/mol. The van der Waals surface area contributed by atoms with Crippen LogP contribution in [0.1, 0.15) is 39.3 Å². The summed E-state index contributed by atoms with van der Waals surface area (Å²) in [5, 5.41) is 7.66. The van der Waals surface area contributed by atoms with Gasteiger partial charge in [-0.2, -0.15) is 0 Å². The van der Waals surface area contributed by atoms with Crippen molar-refractivity contribution in [2.24, 2.45) is 0 Å². The number of pyridine rings is 1. The van der Waals surface area contributed by atoms with Crippen molar-refractivity contribution < 1.29 is 18.5 Å². The summed E-state index contributed by atoms with van der Waals surface area (Å²) in [6, 6.07) is 5.63. The molecule has 3 aromatic heterocycles. The molecule has 0 aromatic carbocycles. The third-order valence-electron chi connectivity index (χ3n) is 5.02. The largest absolute Gasteiger partial charge is 0.465 e. The molecule has 4 heterocycles. The molecule has 0 unspecified atom stereocenters. The van der Waals surface area contributed by atoms with Crippen molar-refractivity contribution in [3.05, 3.63) is 46.7 Å². The van der Waals surface area contributed by atoms with Crippen LogP contribution in [0.5, 0.6) is 0 Å². The lowest BCUT2D eigenvalue weighted by Crippen LogP contribution is -2.43.